The van der Waals surface area contributed by atoms with E-state index in [2.05, 4.69) is 21.0 Å². The maximum Gasteiger partial charge on any atom is 0.269 e. The van der Waals surface area contributed by atoms with Crippen molar-refractivity contribution in [3.63, 3.8) is 0 Å². The van der Waals surface area contributed by atoms with Crippen molar-refractivity contribution in [3.8, 4) is 5.75 Å². The SMILES string of the molecule is COc1ccccc1NC(=O)C1=C(C)Nc2c(C(=O)Nc3cccc(C)c3)cnn2C1c1ccc([N+](=O)[O-])cc1. The summed E-state index contributed by atoms with van der Waals surface area (Å²) in [4.78, 5) is 37.8. The Morgan fingerprint density at radius 1 is 1.00 bits per heavy atom. The number of ether oxygens (including phenoxy) is 1. The fourth-order valence-corrected chi connectivity index (χ4v) is 4.66. The molecule has 0 saturated carbocycles. The average Bonchev–Trinajstić information content (AvgIpc) is 3.36. The van der Waals surface area contributed by atoms with Crippen molar-refractivity contribution in [2.24, 2.45) is 0 Å². The number of nitrogens with zero attached hydrogens (tertiary/aromatic N) is 3. The van der Waals surface area contributed by atoms with Crippen LogP contribution in [0.1, 0.15) is 34.5 Å². The first-order chi connectivity index (χ1) is 19.3. The number of fused-ring (bicyclic) bond motifs is 1. The van der Waals surface area contributed by atoms with Gasteiger partial charge in [-0.15, -0.1) is 0 Å². The Balaban J connectivity index is 1.56. The molecule has 1 aliphatic rings. The minimum Gasteiger partial charge on any atom is -0.495 e. The molecule has 2 heterocycles. The summed E-state index contributed by atoms with van der Waals surface area (Å²) in [6.07, 6.45) is 1.43. The van der Waals surface area contributed by atoms with Crippen molar-refractivity contribution in [1.29, 1.82) is 0 Å². The van der Waals surface area contributed by atoms with E-state index in [4.69, 9.17) is 4.74 Å². The van der Waals surface area contributed by atoms with Crippen LogP contribution in [0, 0.1) is 17.0 Å². The number of anilines is 3. The number of hydrogen-bond donors (Lipinski definition) is 3. The Kier molecular flexibility index (Phi) is 7.02. The highest BCUT2D eigenvalue weighted by atomic mass is 16.6. The molecule has 3 N–H and O–H groups in total. The van der Waals surface area contributed by atoms with Gasteiger partial charge in [0, 0.05) is 23.5 Å². The highest BCUT2D eigenvalue weighted by Crippen LogP contribution is 2.39. The van der Waals surface area contributed by atoms with Gasteiger partial charge in [-0.25, -0.2) is 4.68 Å². The van der Waals surface area contributed by atoms with E-state index in [0.717, 1.165) is 5.56 Å². The topological polar surface area (TPSA) is 140 Å². The molecule has 40 heavy (non-hydrogen) atoms. The molecule has 0 spiro atoms. The van der Waals surface area contributed by atoms with E-state index in [-0.39, 0.29) is 17.2 Å². The Labute approximate surface area is 229 Å². The summed E-state index contributed by atoms with van der Waals surface area (Å²) >= 11 is 0. The minimum atomic E-state index is -0.785. The molecule has 2 amide bonds. The van der Waals surface area contributed by atoms with Crippen LogP contribution in [0.4, 0.5) is 22.9 Å². The molecule has 5 rings (SSSR count). The van der Waals surface area contributed by atoms with E-state index < -0.39 is 16.9 Å². The fraction of sp³-hybridized carbons (Fsp3) is 0.138. The lowest BCUT2D eigenvalue weighted by molar-refractivity contribution is -0.384. The van der Waals surface area contributed by atoms with Crippen molar-refractivity contribution in [2.45, 2.75) is 19.9 Å². The number of carbonyl (C=O) groups is 2. The number of aromatic nitrogens is 2. The summed E-state index contributed by atoms with van der Waals surface area (Å²) in [5, 5.41) is 24.7. The van der Waals surface area contributed by atoms with Gasteiger partial charge in [-0.2, -0.15) is 5.10 Å². The van der Waals surface area contributed by atoms with Gasteiger partial charge in [-0.3, -0.25) is 19.7 Å². The minimum absolute atomic E-state index is 0.0858. The standard InChI is InChI=1S/C29H26N6O5/c1-17-7-6-8-20(15-17)32-28(36)22-16-30-34-26(19-11-13-21(14-12-19)35(38)39)25(18(2)31-27(22)34)29(37)33-23-9-4-5-10-24(23)40-3/h4-16,26,31H,1-3H3,(H,32,36)(H,33,37). The highest BCUT2D eigenvalue weighted by molar-refractivity contribution is 6.09. The quantitative estimate of drug-likeness (QED) is 0.215. The van der Waals surface area contributed by atoms with E-state index in [0.29, 0.717) is 39.8 Å². The summed E-state index contributed by atoms with van der Waals surface area (Å²) in [7, 11) is 1.51. The van der Waals surface area contributed by atoms with E-state index in [1.54, 1.807) is 49.4 Å². The molecule has 0 saturated heterocycles. The van der Waals surface area contributed by atoms with Crippen molar-refractivity contribution < 1.29 is 19.2 Å². The molecule has 1 aliphatic heterocycles. The molecule has 4 aromatic rings. The first kappa shape index (κ1) is 26.2. The fourth-order valence-electron chi connectivity index (χ4n) is 4.66. The maximum absolute atomic E-state index is 13.7. The van der Waals surface area contributed by atoms with E-state index in [1.807, 2.05) is 25.1 Å². The lowest BCUT2D eigenvalue weighted by atomic mass is 9.94. The molecular weight excluding hydrogens is 512 g/mol. The monoisotopic (exact) mass is 538 g/mol. The van der Waals surface area contributed by atoms with Crippen LogP contribution < -0.4 is 20.7 Å². The van der Waals surface area contributed by atoms with Crippen LogP contribution in [-0.4, -0.2) is 33.6 Å². The second kappa shape index (κ2) is 10.7. The highest BCUT2D eigenvalue weighted by Gasteiger charge is 2.35. The predicted octanol–water partition coefficient (Wildman–Crippen LogP) is 5.29. The summed E-state index contributed by atoms with van der Waals surface area (Å²) < 4.78 is 6.92. The second-order valence-electron chi connectivity index (χ2n) is 9.24. The number of amides is 2. The van der Waals surface area contributed by atoms with Gasteiger partial charge in [0.05, 0.1) is 29.5 Å². The van der Waals surface area contributed by atoms with Crippen LogP contribution >= 0.6 is 0 Å². The number of aryl methyl sites for hydroxylation is 1. The maximum atomic E-state index is 13.7. The number of non-ortho nitro benzene ring substituents is 1. The first-order valence-electron chi connectivity index (χ1n) is 12.4. The van der Waals surface area contributed by atoms with Gasteiger partial charge in [0.1, 0.15) is 23.2 Å². The molecule has 11 heteroatoms. The van der Waals surface area contributed by atoms with Gasteiger partial charge in [-0.1, -0.05) is 24.3 Å². The number of nitrogens with one attached hydrogen (secondary N) is 3. The normalized spacial score (nSPS) is 14.1. The smallest absolute Gasteiger partial charge is 0.269 e. The third-order valence-corrected chi connectivity index (χ3v) is 6.56. The van der Waals surface area contributed by atoms with Crippen LogP contribution in [0.15, 0.2) is 90.3 Å². The number of para-hydroxylation sites is 2. The molecule has 0 radical (unpaired) electrons. The lowest BCUT2D eigenvalue weighted by Gasteiger charge is -2.30. The number of nitro benzene ring substituents is 1. The zero-order valence-electron chi connectivity index (χ0n) is 22.0. The molecule has 0 bridgehead atoms. The largest absolute Gasteiger partial charge is 0.495 e. The molecule has 3 aromatic carbocycles. The average molecular weight is 539 g/mol. The third kappa shape index (κ3) is 4.99. The lowest BCUT2D eigenvalue weighted by Crippen LogP contribution is -2.32. The summed E-state index contributed by atoms with van der Waals surface area (Å²) in [5.74, 6) is 0.0702. The summed E-state index contributed by atoms with van der Waals surface area (Å²) in [6.45, 7) is 3.66. The number of allylic oxidation sites excluding steroid dienone is 1. The van der Waals surface area contributed by atoms with Crippen LogP contribution in [0.25, 0.3) is 0 Å². The number of rotatable bonds is 7. The zero-order valence-corrected chi connectivity index (χ0v) is 22.0. The molecule has 11 nitrogen and oxygen atoms in total. The van der Waals surface area contributed by atoms with Gasteiger partial charge >= 0.3 is 0 Å². The summed E-state index contributed by atoms with van der Waals surface area (Å²) in [5.41, 5.74) is 3.69. The van der Waals surface area contributed by atoms with Crippen LogP contribution in [0.3, 0.4) is 0 Å². The summed E-state index contributed by atoms with van der Waals surface area (Å²) in [6, 6.07) is 19.6. The molecule has 0 aliphatic carbocycles. The third-order valence-electron chi connectivity index (χ3n) is 6.56. The van der Waals surface area contributed by atoms with Crippen molar-refractivity contribution in [3.05, 3.63) is 117 Å². The van der Waals surface area contributed by atoms with Gasteiger partial charge in [0.15, 0.2) is 0 Å². The van der Waals surface area contributed by atoms with Gasteiger partial charge in [0.2, 0.25) is 0 Å². The van der Waals surface area contributed by atoms with Crippen LogP contribution in [0.5, 0.6) is 5.75 Å². The molecular formula is C29H26N6O5. The van der Waals surface area contributed by atoms with Gasteiger partial charge in [-0.05, 0) is 61.4 Å². The molecule has 1 aromatic heterocycles. The number of benzene rings is 3. The van der Waals surface area contributed by atoms with Crippen molar-refractivity contribution in [2.75, 3.05) is 23.1 Å². The van der Waals surface area contributed by atoms with E-state index in [9.17, 15) is 19.7 Å². The number of nitro groups is 1. The van der Waals surface area contributed by atoms with E-state index >= 15 is 0 Å². The Hall–Kier alpha value is -5.45. The second-order valence-corrected chi connectivity index (χ2v) is 9.24. The van der Waals surface area contributed by atoms with Crippen LogP contribution in [0.2, 0.25) is 0 Å². The predicted molar refractivity (Wildman–Crippen MR) is 151 cm³/mol. The number of carbonyl (C=O) groups excluding carboxylic acids is 2. The Morgan fingerprint density at radius 2 is 1.75 bits per heavy atom. The Morgan fingerprint density at radius 3 is 2.45 bits per heavy atom. The molecule has 1 atom stereocenters. The number of methoxy groups -OCH3 is 1. The van der Waals surface area contributed by atoms with Crippen molar-refractivity contribution in [1.82, 2.24) is 9.78 Å². The number of hydrogen-bond acceptors (Lipinski definition) is 7. The van der Waals surface area contributed by atoms with E-state index in [1.165, 1.54) is 30.1 Å². The van der Waals surface area contributed by atoms with Crippen LogP contribution in [-0.2, 0) is 4.79 Å². The first-order valence-corrected chi connectivity index (χ1v) is 12.4. The molecule has 1 unspecified atom stereocenters. The zero-order chi connectivity index (χ0) is 28.4. The van der Waals surface area contributed by atoms with Gasteiger partial charge in [0.25, 0.3) is 17.5 Å². The van der Waals surface area contributed by atoms with Crippen molar-refractivity contribution >= 4 is 34.7 Å². The van der Waals surface area contributed by atoms with Gasteiger partial charge < -0.3 is 20.7 Å². The molecule has 202 valence electrons. The Bertz CT molecular complexity index is 1660. The molecule has 0 fully saturated rings.